The highest BCUT2D eigenvalue weighted by atomic mass is 79.9. The first kappa shape index (κ1) is 16.3. The molecule has 1 aliphatic rings. The first-order valence-electron chi connectivity index (χ1n) is 5.74. The van der Waals surface area contributed by atoms with Gasteiger partial charge in [0, 0.05) is 6.04 Å². The average molecular weight is 356 g/mol. The number of amides is 1. The highest BCUT2D eigenvalue weighted by Gasteiger charge is 2.23. The molecule has 2 N–H and O–H groups in total. The van der Waals surface area contributed by atoms with E-state index in [1.165, 1.54) is 6.07 Å². The summed E-state index contributed by atoms with van der Waals surface area (Å²) >= 11 is 2.94. The zero-order valence-corrected chi connectivity index (χ0v) is 12.4. The molecule has 1 saturated heterocycles. The zero-order chi connectivity index (χ0) is 13.1. The van der Waals surface area contributed by atoms with E-state index in [0.29, 0.717) is 0 Å². The Kier molecular flexibility index (Phi) is 6.16. The minimum Gasteiger partial charge on any atom is -0.349 e. The number of benzene rings is 1. The molecule has 106 valence electrons. The fourth-order valence-corrected chi connectivity index (χ4v) is 2.29. The summed E-state index contributed by atoms with van der Waals surface area (Å²) in [6.07, 6.45) is 1.53. The van der Waals surface area contributed by atoms with Crippen LogP contribution >= 0.6 is 28.3 Å². The molecule has 0 spiro atoms. The van der Waals surface area contributed by atoms with Crippen LogP contribution in [-0.4, -0.2) is 25.0 Å². The fourth-order valence-electron chi connectivity index (χ4n) is 1.96. The van der Waals surface area contributed by atoms with Crippen LogP contribution in [0.2, 0.25) is 0 Å². The lowest BCUT2D eigenvalue weighted by Crippen LogP contribution is -2.43. The zero-order valence-electron chi connectivity index (χ0n) is 10.0. The van der Waals surface area contributed by atoms with Gasteiger partial charge in [-0.2, -0.15) is 0 Å². The summed E-state index contributed by atoms with van der Waals surface area (Å²) < 4.78 is 27.3. The maximum absolute atomic E-state index is 13.7. The van der Waals surface area contributed by atoms with Crippen molar-refractivity contribution in [2.24, 2.45) is 0 Å². The van der Waals surface area contributed by atoms with Crippen LogP contribution in [0.4, 0.5) is 8.78 Å². The smallest absolute Gasteiger partial charge is 0.257 e. The monoisotopic (exact) mass is 354 g/mol. The van der Waals surface area contributed by atoms with Crippen molar-refractivity contribution in [1.82, 2.24) is 10.6 Å². The Hall–Kier alpha value is -0.720. The summed E-state index contributed by atoms with van der Waals surface area (Å²) in [4.78, 5) is 11.9. The van der Waals surface area contributed by atoms with Crippen molar-refractivity contribution in [3.8, 4) is 0 Å². The summed E-state index contributed by atoms with van der Waals surface area (Å²) in [5.74, 6) is -2.40. The summed E-state index contributed by atoms with van der Waals surface area (Å²) in [6.45, 7) is 1.60. The number of rotatable bonds is 2. The van der Waals surface area contributed by atoms with Gasteiger partial charge in [0.2, 0.25) is 0 Å². The molecular weight excluding hydrogens is 341 g/mol. The van der Waals surface area contributed by atoms with Crippen LogP contribution in [0.25, 0.3) is 0 Å². The predicted octanol–water partition coefficient (Wildman–Crippen LogP) is 2.63. The van der Waals surface area contributed by atoms with Gasteiger partial charge < -0.3 is 10.6 Å². The Balaban J connectivity index is 0.00000180. The van der Waals surface area contributed by atoms with Crippen molar-refractivity contribution in [3.05, 3.63) is 33.8 Å². The molecule has 19 heavy (non-hydrogen) atoms. The largest absolute Gasteiger partial charge is 0.349 e. The summed E-state index contributed by atoms with van der Waals surface area (Å²) in [7, 11) is 0. The Labute approximate surface area is 124 Å². The van der Waals surface area contributed by atoms with E-state index >= 15 is 0 Å². The van der Waals surface area contributed by atoms with E-state index in [9.17, 15) is 13.6 Å². The van der Waals surface area contributed by atoms with Crippen LogP contribution < -0.4 is 10.6 Å². The van der Waals surface area contributed by atoms with E-state index in [0.717, 1.165) is 32.0 Å². The second-order valence-electron chi connectivity index (χ2n) is 4.22. The first-order chi connectivity index (χ1) is 8.59. The van der Waals surface area contributed by atoms with Crippen molar-refractivity contribution < 1.29 is 13.6 Å². The molecule has 0 bridgehead atoms. The second kappa shape index (κ2) is 7.17. The third kappa shape index (κ3) is 3.87. The van der Waals surface area contributed by atoms with Crippen molar-refractivity contribution in [2.75, 3.05) is 13.1 Å². The maximum atomic E-state index is 13.7. The van der Waals surface area contributed by atoms with Crippen LogP contribution in [0, 0.1) is 11.6 Å². The van der Waals surface area contributed by atoms with Crippen LogP contribution in [-0.2, 0) is 0 Å². The molecular formula is C12H14BrClF2N2O. The third-order valence-corrected chi connectivity index (χ3v) is 3.56. The molecule has 2 rings (SSSR count). The van der Waals surface area contributed by atoms with Gasteiger partial charge in [0.05, 0.1) is 4.47 Å². The van der Waals surface area contributed by atoms with E-state index in [1.807, 2.05) is 0 Å². The molecule has 1 aromatic carbocycles. The average Bonchev–Trinajstić information content (AvgIpc) is 2.36. The molecule has 0 saturated carbocycles. The fraction of sp³-hybridized carbons (Fsp3) is 0.417. The molecule has 3 nitrogen and oxygen atoms in total. The van der Waals surface area contributed by atoms with Crippen molar-refractivity contribution in [3.63, 3.8) is 0 Å². The molecule has 0 unspecified atom stereocenters. The van der Waals surface area contributed by atoms with Crippen LogP contribution in [0.3, 0.4) is 0 Å². The minimum absolute atomic E-state index is 0. The van der Waals surface area contributed by atoms with Crippen molar-refractivity contribution in [2.45, 2.75) is 18.9 Å². The Morgan fingerprint density at radius 1 is 1.32 bits per heavy atom. The number of hydrogen-bond donors (Lipinski definition) is 2. The number of piperidine rings is 1. The van der Waals surface area contributed by atoms with E-state index in [2.05, 4.69) is 26.6 Å². The Bertz CT molecular complexity index is 467. The van der Waals surface area contributed by atoms with Gasteiger partial charge in [-0.05, 0) is 54.0 Å². The molecule has 0 atom stereocenters. The molecule has 7 heteroatoms. The third-order valence-electron chi connectivity index (χ3n) is 2.95. The topological polar surface area (TPSA) is 41.1 Å². The van der Waals surface area contributed by atoms with Gasteiger partial charge in [-0.25, -0.2) is 8.78 Å². The Morgan fingerprint density at radius 3 is 2.58 bits per heavy atom. The van der Waals surface area contributed by atoms with Crippen molar-refractivity contribution in [1.29, 1.82) is 0 Å². The number of nitrogens with one attached hydrogen (secondary N) is 2. The molecule has 1 amide bonds. The van der Waals surface area contributed by atoms with E-state index < -0.39 is 23.1 Å². The van der Waals surface area contributed by atoms with Gasteiger partial charge in [0.25, 0.3) is 5.91 Å². The molecule has 1 fully saturated rings. The highest BCUT2D eigenvalue weighted by Crippen LogP contribution is 2.21. The second-order valence-corrected chi connectivity index (χ2v) is 5.07. The molecule has 1 aliphatic heterocycles. The standard InChI is InChI=1S/C12H13BrF2N2O.ClH/c13-8-1-2-9(14)10(11(8)15)12(18)17-7-3-5-16-6-4-7;/h1-2,7,16H,3-6H2,(H,17,18);1H. The molecule has 0 aliphatic carbocycles. The lowest BCUT2D eigenvalue weighted by molar-refractivity contribution is 0.0921. The van der Waals surface area contributed by atoms with Gasteiger partial charge in [0.15, 0.2) is 5.82 Å². The van der Waals surface area contributed by atoms with Gasteiger partial charge >= 0.3 is 0 Å². The van der Waals surface area contributed by atoms with E-state index in [1.54, 1.807) is 0 Å². The summed E-state index contributed by atoms with van der Waals surface area (Å²) in [5.41, 5.74) is -0.525. The molecule has 1 aromatic rings. The van der Waals surface area contributed by atoms with Gasteiger partial charge in [0.1, 0.15) is 11.4 Å². The Morgan fingerprint density at radius 2 is 1.95 bits per heavy atom. The predicted molar refractivity (Wildman–Crippen MR) is 74.7 cm³/mol. The number of halogens is 4. The lowest BCUT2D eigenvalue weighted by atomic mass is 10.1. The molecule has 0 aromatic heterocycles. The van der Waals surface area contributed by atoms with Gasteiger partial charge in [-0.15, -0.1) is 12.4 Å². The number of hydrogen-bond acceptors (Lipinski definition) is 2. The van der Waals surface area contributed by atoms with Crippen LogP contribution in [0.15, 0.2) is 16.6 Å². The summed E-state index contributed by atoms with van der Waals surface area (Å²) in [6, 6.07) is 2.28. The first-order valence-corrected chi connectivity index (χ1v) is 6.54. The lowest BCUT2D eigenvalue weighted by Gasteiger charge is -2.23. The van der Waals surface area contributed by atoms with Crippen LogP contribution in [0.1, 0.15) is 23.2 Å². The number of carbonyl (C=O) groups is 1. The molecule has 1 heterocycles. The maximum Gasteiger partial charge on any atom is 0.257 e. The highest BCUT2D eigenvalue weighted by molar-refractivity contribution is 9.10. The minimum atomic E-state index is -0.860. The van der Waals surface area contributed by atoms with Gasteiger partial charge in [-0.3, -0.25) is 4.79 Å². The van der Waals surface area contributed by atoms with Crippen LogP contribution in [0.5, 0.6) is 0 Å². The quantitative estimate of drug-likeness (QED) is 0.801. The summed E-state index contributed by atoms with van der Waals surface area (Å²) in [5, 5.41) is 5.82. The molecule has 0 radical (unpaired) electrons. The van der Waals surface area contributed by atoms with E-state index in [-0.39, 0.29) is 22.9 Å². The SMILES string of the molecule is Cl.O=C(NC1CCNCC1)c1c(F)ccc(Br)c1F. The van der Waals surface area contributed by atoms with Gasteiger partial charge in [-0.1, -0.05) is 0 Å². The van der Waals surface area contributed by atoms with E-state index in [4.69, 9.17) is 0 Å². The normalized spacial score (nSPS) is 15.7. The van der Waals surface area contributed by atoms with Crippen molar-refractivity contribution >= 4 is 34.2 Å². The number of carbonyl (C=O) groups excluding carboxylic acids is 1.